The number of aliphatic hydroxyl groups excluding tert-OH is 1. The van der Waals surface area contributed by atoms with Crippen molar-refractivity contribution in [2.75, 3.05) is 24.7 Å². The molecule has 0 aromatic rings. The first kappa shape index (κ1) is 11.2. The molecule has 1 atom stereocenters. The number of aliphatic hydroxyl groups is 1. The van der Waals surface area contributed by atoms with Crippen LogP contribution in [0.2, 0.25) is 0 Å². The first-order valence-electron chi connectivity index (χ1n) is 4.17. The molecule has 1 heterocycles. The second-order valence-corrected chi connectivity index (χ2v) is 5.83. The van der Waals surface area contributed by atoms with Crippen molar-refractivity contribution in [3.63, 3.8) is 0 Å². The molecular weight excluding hydrogens is 214 g/mol. The Balaban J connectivity index is 2.47. The van der Waals surface area contributed by atoms with Crippen LogP contribution in [0, 0.1) is 5.92 Å². The van der Waals surface area contributed by atoms with E-state index >= 15 is 0 Å². The van der Waals surface area contributed by atoms with E-state index in [4.69, 9.17) is 16.7 Å². The molecule has 0 spiro atoms. The first-order valence-corrected chi connectivity index (χ1v) is 6.32. The molecule has 0 aliphatic carbocycles. The Bertz CT molecular complexity index is 261. The molecule has 0 amide bonds. The number of alkyl halides is 1. The van der Waals surface area contributed by atoms with E-state index in [1.54, 1.807) is 6.92 Å². The van der Waals surface area contributed by atoms with Gasteiger partial charge in [0.2, 0.25) is 10.0 Å². The van der Waals surface area contributed by atoms with Crippen molar-refractivity contribution in [2.24, 2.45) is 5.92 Å². The van der Waals surface area contributed by atoms with E-state index in [1.807, 2.05) is 0 Å². The highest BCUT2D eigenvalue weighted by atomic mass is 35.5. The summed E-state index contributed by atoms with van der Waals surface area (Å²) in [4.78, 5) is 0. The molecule has 0 aromatic carbocycles. The summed E-state index contributed by atoms with van der Waals surface area (Å²) in [5.41, 5.74) is 0. The van der Waals surface area contributed by atoms with E-state index < -0.39 is 16.1 Å². The van der Waals surface area contributed by atoms with Crippen LogP contribution in [0.15, 0.2) is 0 Å². The number of nitrogens with zero attached hydrogens (tertiary/aromatic N) is 1. The molecule has 1 unspecified atom stereocenters. The van der Waals surface area contributed by atoms with Crippen LogP contribution in [0.25, 0.3) is 0 Å². The lowest BCUT2D eigenvalue weighted by Crippen LogP contribution is -2.54. The fourth-order valence-electron chi connectivity index (χ4n) is 1.15. The molecule has 4 nitrogen and oxygen atoms in total. The van der Waals surface area contributed by atoms with Crippen molar-refractivity contribution >= 4 is 21.6 Å². The summed E-state index contributed by atoms with van der Waals surface area (Å²) in [6.45, 7) is 2.26. The average molecular weight is 228 g/mol. The van der Waals surface area contributed by atoms with Gasteiger partial charge in [-0.15, -0.1) is 11.6 Å². The summed E-state index contributed by atoms with van der Waals surface area (Å²) in [7, 11) is -3.18. The van der Waals surface area contributed by atoms with E-state index in [9.17, 15) is 8.42 Å². The Hall–Kier alpha value is 0.160. The third-order valence-corrected chi connectivity index (χ3v) is 4.58. The minimum absolute atomic E-state index is 0.0376. The van der Waals surface area contributed by atoms with Gasteiger partial charge in [-0.05, 0) is 5.92 Å². The van der Waals surface area contributed by atoms with Crippen LogP contribution < -0.4 is 0 Å². The maximum atomic E-state index is 11.5. The van der Waals surface area contributed by atoms with Gasteiger partial charge in [0.15, 0.2) is 0 Å². The van der Waals surface area contributed by atoms with Crippen LogP contribution in [-0.4, -0.2) is 48.7 Å². The Morgan fingerprint density at radius 3 is 2.54 bits per heavy atom. The van der Waals surface area contributed by atoms with Gasteiger partial charge in [0.05, 0.1) is 11.9 Å². The Labute approximate surface area is 83.5 Å². The lowest BCUT2D eigenvalue weighted by atomic mass is 10.2. The van der Waals surface area contributed by atoms with Crippen LogP contribution in [-0.2, 0) is 10.0 Å². The van der Waals surface area contributed by atoms with Gasteiger partial charge >= 0.3 is 0 Å². The second kappa shape index (κ2) is 4.13. The molecule has 1 aliphatic rings. The van der Waals surface area contributed by atoms with Crippen molar-refractivity contribution in [2.45, 2.75) is 13.0 Å². The van der Waals surface area contributed by atoms with Gasteiger partial charge in [0.1, 0.15) is 0 Å². The average Bonchev–Trinajstić information content (AvgIpc) is 1.97. The molecule has 1 saturated heterocycles. The third-order valence-electron chi connectivity index (χ3n) is 1.98. The monoisotopic (exact) mass is 227 g/mol. The molecule has 0 saturated carbocycles. The van der Waals surface area contributed by atoms with E-state index in [1.165, 1.54) is 4.31 Å². The van der Waals surface area contributed by atoms with Gasteiger partial charge in [-0.1, -0.05) is 6.92 Å². The number of β-amino-alcohol motifs (C(OH)–C–C–N with tert-alkyl or cyclic N) is 1. The number of halogens is 1. The molecule has 0 bridgehead atoms. The number of sulfonamides is 1. The van der Waals surface area contributed by atoms with Crippen LogP contribution >= 0.6 is 11.6 Å². The van der Waals surface area contributed by atoms with Crippen LogP contribution in [0.4, 0.5) is 0 Å². The highest BCUT2D eigenvalue weighted by molar-refractivity contribution is 7.89. The van der Waals surface area contributed by atoms with Gasteiger partial charge in [-0.3, -0.25) is 0 Å². The van der Waals surface area contributed by atoms with E-state index in [-0.39, 0.29) is 24.8 Å². The van der Waals surface area contributed by atoms with Crippen molar-refractivity contribution in [3.8, 4) is 0 Å². The fraction of sp³-hybridized carbons (Fsp3) is 1.00. The summed E-state index contributed by atoms with van der Waals surface area (Å²) < 4.78 is 24.3. The zero-order chi connectivity index (χ0) is 10.1. The normalized spacial score (nSPS) is 22.7. The Morgan fingerprint density at radius 1 is 1.62 bits per heavy atom. The van der Waals surface area contributed by atoms with E-state index in [0.29, 0.717) is 5.88 Å². The zero-order valence-electron chi connectivity index (χ0n) is 7.48. The van der Waals surface area contributed by atoms with Crippen molar-refractivity contribution in [1.82, 2.24) is 4.31 Å². The molecule has 1 N–H and O–H groups in total. The maximum Gasteiger partial charge on any atom is 0.214 e. The summed E-state index contributed by atoms with van der Waals surface area (Å²) >= 11 is 5.52. The number of rotatable bonds is 4. The highest BCUT2D eigenvalue weighted by Gasteiger charge is 2.34. The largest absolute Gasteiger partial charge is 0.390 e. The smallest absolute Gasteiger partial charge is 0.214 e. The molecule has 78 valence electrons. The summed E-state index contributed by atoms with van der Waals surface area (Å²) in [5.74, 6) is 0.378. The molecule has 1 aliphatic heterocycles. The maximum absolute atomic E-state index is 11.5. The van der Waals surface area contributed by atoms with Crippen molar-refractivity contribution in [3.05, 3.63) is 0 Å². The topological polar surface area (TPSA) is 57.6 Å². The summed E-state index contributed by atoms with van der Waals surface area (Å²) in [6, 6.07) is 0. The van der Waals surface area contributed by atoms with Gasteiger partial charge in [0.25, 0.3) is 0 Å². The lowest BCUT2D eigenvalue weighted by Gasteiger charge is -2.35. The van der Waals surface area contributed by atoms with Crippen molar-refractivity contribution in [1.29, 1.82) is 0 Å². The minimum atomic E-state index is -3.18. The number of hydrogen-bond donors (Lipinski definition) is 1. The SMILES string of the molecule is CC(CCl)CS(=O)(=O)N1CC(O)C1. The molecule has 6 heteroatoms. The second-order valence-electron chi connectivity index (χ2n) is 3.51. The van der Waals surface area contributed by atoms with Crippen LogP contribution in [0.5, 0.6) is 0 Å². The number of hydrogen-bond acceptors (Lipinski definition) is 3. The predicted molar refractivity (Wildman–Crippen MR) is 51.3 cm³/mol. The van der Waals surface area contributed by atoms with Gasteiger partial charge < -0.3 is 5.11 Å². The quantitative estimate of drug-likeness (QED) is 0.681. The Morgan fingerprint density at radius 2 is 2.15 bits per heavy atom. The van der Waals surface area contributed by atoms with Crippen molar-refractivity contribution < 1.29 is 13.5 Å². The lowest BCUT2D eigenvalue weighted by molar-refractivity contribution is 0.0546. The molecule has 0 aromatic heterocycles. The van der Waals surface area contributed by atoms with Crippen LogP contribution in [0.3, 0.4) is 0 Å². The molecule has 1 rings (SSSR count). The van der Waals surface area contributed by atoms with E-state index in [2.05, 4.69) is 0 Å². The standard InChI is InChI=1S/C7H14ClNO3S/c1-6(2-8)5-13(11,12)9-3-7(10)4-9/h6-7,10H,2-5H2,1H3. The molecule has 13 heavy (non-hydrogen) atoms. The minimum Gasteiger partial charge on any atom is -0.390 e. The first-order chi connectivity index (χ1) is 5.95. The Kier molecular flexibility index (Phi) is 3.57. The fourth-order valence-corrected chi connectivity index (χ4v) is 3.24. The van der Waals surface area contributed by atoms with Gasteiger partial charge in [0, 0.05) is 19.0 Å². The molecule has 1 fully saturated rings. The van der Waals surface area contributed by atoms with Gasteiger partial charge in [-0.25, -0.2) is 8.42 Å². The zero-order valence-corrected chi connectivity index (χ0v) is 9.05. The molecular formula is C7H14ClNO3S. The summed E-state index contributed by atoms with van der Waals surface area (Å²) in [6.07, 6.45) is -0.485. The summed E-state index contributed by atoms with van der Waals surface area (Å²) in [5, 5.41) is 8.94. The van der Waals surface area contributed by atoms with E-state index in [0.717, 1.165) is 0 Å². The molecule has 0 radical (unpaired) electrons. The van der Waals surface area contributed by atoms with Gasteiger partial charge in [-0.2, -0.15) is 4.31 Å². The highest BCUT2D eigenvalue weighted by Crippen LogP contribution is 2.16. The predicted octanol–water partition coefficient (Wildman–Crippen LogP) is -0.132. The third kappa shape index (κ3) is 2.80. The van der Waals surface area contributed by atoms with Crippen LogP contribution in [0.1, 0.15) is 6.92 Å².